The van der Waals surface area contributed by atoms with Crippen LogP contribution in [0.25, 0.3) is 21.2 Å². The molecule has 0 saturated heterocycles. The van der Waals surface area contributed by atoms with Crippen LogP contribution in [-0.4, -0.2) is 15.8 Å². The fraction of sp³-hybridized carbons (Fsp3) is 0.0588. The number of furan rings is 1. The van der Waals surface area contributed by atoms with Crippen LogP contribution in [0.2, 0.25) is 0 Å². The Balaban J connectivity index is 1.67. The van der Waals surface area contributed by atoms with Gasteiger partial charge in [-0.1, -0.05) is 27.3 Å². The Morgan fingerprint density at radius 3 is 2.88 bits per heavy atom. The number of fused-ring (bicyclic) bond motifs is 2. The van der Waals surface area contributed by atoms with E-state index < -0.39 is 10.8 Å². The minimum absolute atomic E-state index is 0.0160. The Kier molecular flexibility index (Phi) is 3.97. The van der Waals surface area contributed by atoms with Gasteiger partial charge in [0.2, 0.25) is 0 Å². The zero-order valence-electron chi connectivity index (χ0n) is 13.3. The summed E-state index contributed by atoms with van der Waals surface area (Å²) in [6.45, 7) is 1.81. The summed E-state index contributed by atoms with van der Waals surface area (Å²) in [6, 6.07) is 9.90. The van der Waals surface area contributed by atoms with Crippen LogP contribution < -0.4 is 5.32 Å². The van der Waals surface area contributed by atoms with E-state index in [0.717, 1.165) is 15.4 Å². The summed E-state index contributed by atoms with van der Waals surface area (Å²) in [5.41, 5.74) is 1.92. The normalized spacial score (nSPS) is 11.2. The lowest BCUT2D eigenvalue weighted by atomic mass is 10.1. The Morgan fingerprint density at radius 2 is 2.12 bits per heavy atom. The predicted octanol–water partition coefficient (Wildman–Crippen LogP) is 5.27. The number of anilines is 1. The largest absolute Gasteiger partial charge is 0.451 e. The highest BCUT2D eigenvalue weighted by Crippen LogP contribution is 2.31. The van der Waals surface area contributed by atoms with E-state index in [1.807, 2.05) is 19.1 Å². The molecule has 0 atom stereocenters. The molecule has 130 valence electrons. The smallest absolute Gasteiger partial charge is 0.293 e. The number of nitro groups is 1. The van der Waals surface area contributed by atoms with Gasteiger partial charge < -0.3 is 4.42 Å². The minimum atomic E-state index is -0.465. The lowest BCUT2D eigenvalue weighted by molar-refractivity contribution is -0.384. The van der Waals surface area contributed by atoms with Crippen molar-refractivity contribution in [2.45, 2.75) is 6.92 Å². The van der Waals surface area contributed by atoms with Crippen LogP contribution in [0.1, 0.15) is 16.1 Å². The van der Waals surface area contributed by atoms with E-state index in [1.165, 1.54) is 23.5 Å². The van der Waals surface area contributed by atoms with Crippen LogP contribution in [-0.2, 0) is 0 Å². The highest BCUT2D eigenvalue weighted by atomic mass is 79.9. The Morgan fingerprint density at radius 1 is 1.31 bits per heavy atom. The van der Waals surface area contributed by atoms with Crippen molar-refractivity contribution >= 4 is 65.2 Å². The molecule has 0 bridgehead atoms. The number of carbonyl (C=O) groups is 1. The standard InChI is InChI=1S/C17H10BrN3O4S/c1-8-11-6-9(18)2-5-13(11)25-15(8)16(22)20-17-19-12-4-3-10(21(23)24)7-14(12)26-17/h2-7H,1H3,(H,19,20,22). The number of hydrogen-bond donors (Lipinski definition) is 1. The van der Waals surface area contributed by atoms with Crippen molar-refractivity contribution in [1.82, 2.24) is 4.98 Å². The molecule has 9 heteroatoms. The van der Waals surface area contributed by atoms with Crippen LogP contribution in [0.4, 0.5) is 10.8 Å². The second-order valence-electron chi connectivity index (χ2n) is 5.58. The average molecular weight is 432 g/mol. The van der Waals surface area contributed by atoms with Gasteiger partial charge in [0.05, 0.1) is 15.1 Å². The third-order valence-corrected chi connectivity index (χ3v) is 5.33. The summed E-state index contributed by atoms with van der Waals surface area (Å²) in [4.78, 5) is 27.3. The number of amides is 1. The Labute approximate surface area is 158 Å². The second kappa shape index (κ2) is 6.19. The van der Waals surface area contributed by atoms with Gasteiger partial charge in [-0.25, -0.2) is 4.98 Å². The molecule has 0 radical (unpaired) electrons. The fourth-order valence-electron chi connectivity index (χ4n) is 2.64. The SMILES string of the molecule is Cc1c(C(=O)Nc2nc3ccc([N+](=O)[O-])cc3s2)oc2ccc(Br)cc12. The zero-order valence-corrected chi connectivity index (χ0v) is 15.7. The molecule has 1 N–H and O–H groups in total. The first-order chi connectivity index (χ1) is 12.4. The number of rotatable bonds is 3. The molecule has 2 aromatic heterocycles. The van der Waals surface area contributed by atoms with Gasteiger partial charge in [-0.05, 0) is 31.2 Å². The summed E-state index contributed by atoms with van der Waals surface area (Å²) in [7, 11) is 0. The van der Waals surface area contributed by atoms with Crippen molar-refractivity contribution in [3.8, 4) is 0 Å². The molecule has 0 saturated carbocycles. The first-order valence-electron chi connectivity index (χ1n) is 7.47. The molecule has 4 aromatic rings. The predicted molar refractivity (Wildman–Crippen MR) is 103 cm³/mol. The number of hydrogen-bond acceptors (Lipinski definition) is 6. The number of nitrogens with zero attached hydrogens (tertiary/aromatic N) is 2. The number of carbonyl (C=O) groups excluding carboxylic acids is 1. The highest BCUT2D eigenvalue weighted by molar-refractivity contribution is 9.10. The molecule has 0 spiro atoms. The van der Waals surface area contributed by atoms with Gasteiger partial charge in [-0.15, -0.1) is 0 Å². The molecule has 7 nitrogen and oxygen atoms in total. The van der Waals surface area contributed by atoms with Gasteiger partial charge in [0.1, 0.15) is 5.58 Å². The fourth-order valence-corrected chi connectivity index (χ4v) is 3.90. The van der Waals surface area contributed by atoms with Crippen molar-refractivity contribution in [3.63, 3.8) is 0 Å². The van der Waals surface area contributed by atoms with E-state index in [-0.39, 0.29) is 11.4 Å². The van der Waals surface area contributed by atoms with Gasteiger partial charge in [0.25, 0.3) is 11.6 Å². The van der Waals surface area contributed by atoms with Gasteiger partial charge in [0, 0.05) is 27.6 Å². The van der Waals surface area contributed by atoms with Gasteiger partial charge in [-0.2, -0.15) is 0 Å². The number of nitro benzene ring substituents is 1. The average Bonchev–Trinajstić information content (AvgIpc) is 3.14. The molecular formula is C17H10BrN3O4S. The van der Waals surface area contributed by atoms with Gasteiger partial charge in [-0.3, -0.25) is 20.2 Å². The van der Waals surface area contributed by atoms with Crippen LogP contribution >= 0.6 is 27.3 Å². The Bertz CT molecular complexity index is 1200. The van der Waals surface area contributed by atoms with E-state index in [4.69, 9.17) is 4.42 Å². The quantitative estimate of drug-likeness (QED) is 0.351. The molecular weight excluding hydrogens is 422 g/mol. The van der Waals surface area contributed by atoms with Crippen molar-refractivity contribution in [2.75, 3.05) is 5.32 Å². The highest BCUT2D eigenvalue weighted by Gasteiger charge is 2.19. The maximum Gasteiger partial charge on any atom is 0.293 e. The van der Waals surface area contributed by atoms with Crippen molar-refractivity contribution in [1.29, 1.82) is 0 Å². The first-order valence-corrected chi connectivity index (χ1v) is 9.08. The summed E-state index contributed by atoms with van der Waals surface area (Å²) < 4.78 is 7.19. The lowest BCUT2D eigenvalue weighted by Gasteiger charge is -1.98. The number of aromatic nitrogens is 1. The molecule has 4 rings (SSSR count). The molecule has 1 amide bonds. The first kappa shape index (κ1) is 16.7. The molecule has 26 heavy (non-hydrogen) atoms. The van der Waals surface area contributed by atoms with Crippen molar-refractivity contribution < 1.29 is 14.1 Å². The maximum absolute atomic E-state index is 12.6. The summed E-state index contributed by atoms with van der Waals surface area (Å²) in [5, 5.41) is 14.8. The number of benzene rings is 2. The summed E-state index contributed by atoms with van der Waals surface area (Å²) in [6.07, 6.45) is 0. The Hall–Kier alpha value is -2.78. The molecule has 2 heterocycles. The van der Waals surface area contributed by atoms with Gasteiger partial charge in [0.15, 0.2) is 10.9 Å². The van der Waals surface area contributed by atoms with E-state index in [2.05, 4.69) is 26.2 Å². The molecule has 0 unspecified atom stereocenters. The number of halogens is 1. The third kappa shape index (κ3) is 2.85. The van der Waals surface area contributed by atoms with Crippen molar-refractivity contribution in [3.05, 3.63) is 62.3 Å². The van der Waals surface area contributed by atoms with E-state index in [0.29, 0.717) is 20.9 Å². The van der Waals surface area contributed by atoms with E-state index >= 15 is 0 Å². The number of aryl methyl sites for hydroxylation is 1. The van der Waals surface area contributed by atoms with Crippen LogP contribution in [0.5, 0.6) is 0 Å². The van der Waals surface area contributed by atoms with Crippen molar-refractivity contribution in [2.24, 2.45) is 0 Å². The van der Waals surface area contributed by atoms with Crippen LogP contribution in [0, 0.1) is 17.0 Å². The minimum Gasteiger partial charge on any atom is -0.451 e. The van der Waals surface area contributed by atoms with E-state index in [1.54, 1.807) is 12.1 Å². The topological polar surface area (TPSA) is 98.3 Å². The summed E-state index contributed by atoms with van der Waals surface area (Å²) in [5.74, 6) is -0.202. The molecule has 2 aromatic carbocycles. The molecule has 0 aliphatic carbocycles. The monoisotopic (exact) mass is 431 g/mol. The number of nitrogens with one attached hydrogen (secondary N) is 1. The molecule has 0 fully saturated rings. The number of thiazole rings is 1. The summed E-state index contributed by atoms with van der Waals surface area (Å²) >= 11 is 4.57. The zero-order chi connectivity index (χ0) is 18.4. The lowest BCUT2D eigenvalue weighted by Crippen LogP contribution is -2.11. The van der Waals surface area contributed by atoms with E-state index in [9.17, 15) is 14.9 Å². The van der Waals surface area contributed by atoms with Crippen LogP contribution in [0.15, 0.2) is 45.3 Å². The second-order valence-corrected chi connectivity index (χ2v) is 7.53. The third-order valence-electron chi connectivity index (χ3n) is 3.91. The maximum atomic E-state index is 12.6. The van der Waals surface area contributed by atoms with Gasteiger partial charge >= 0.3 is 0 Å². The molecule has 0 aliphatic heterocycles. The van der Waals surface area contributed by atoms with Crippen LogP contribution in [0.3, 0.4) is 0 Å². The number of non-ortho nitro benzene ring substituents is 1. The molecule has 0 aliphatic rings.